The predicted molar refractivity (Wildman–Crippen MR) is 214 cm³/mol. The number of benzene rings is 6. The average Bonchev–Trinajstić information content (AvgIpc) is 3.91. The summed E-state index contributed by atoms with van der Waals surface area (Å²) in [6.45, 7) is 0. The number of ketones is 2. The minimum absolute atomic E-state index is 0.0484. The standard InChI is InChI=1S/C47H24N4O10/c52-38(24-5-13-30-34(18-24)42(56)48-40(30)54)26-7-15-32-36(20-26)46(60)50(44(32)58)28-9-1-22(2-10-28)17-23-3-11-29(12-4-23)51-45(59)33-16-8-27(21-37(33)47(51)61)39(53)25-6-14-31-35(19-25)43(57)49-41(31)55/h1-16,18-21H,17H2,(H,48,54,56)(H,49,55,57). The van der Waals surface area contributed by atoms with Gasteiger partial charge in [0.2, 0.25) is 0 Å². The molecule has 61 heavy (non-hydrogen) atoms. The molecule has 0 saturated heterocycles. The van der Waals surface area contributed by atoms with Gasteiger partial charge in [0.15, 0.2) is 11.6 Å². The molecule has 0 unspecified atom stereocenters. The number of imide groups is 4. The molecule has 4 heterocycles. The van der Waals surface area contributed by atoms with Crippen molar-refractivity contribution in [3.63, 3.8) is 0 Å². The zero-order valence-corrected chi connectivity index (χ0v) is 31.2. The summed E-state index contributed by atoms with van der Waals surface area (Å²) in [4.78, 5) is 131. The summed E-state index contributed by atoms with van der Waals surface area (Å²) in [5.74, 6) is -5.63. The van der Waals surface area contributed by atoms with Crippen LogP contribution < -0.4 is 20.4 Å². The Balaban J connectivity index is 0.811. The smallest absolute Gasteiger partial charge is 0.266 e. The van der Waals surface area contributed by atoms with Gasteiger partial charge in [-0.2, -0.15) is 0 Å². The quantitative estimate of drug-likeness (QED) is 0.154. The average molecular weight is 805 g/mol. The molecule has 14 heteroatoms. The molecule has 0 fully saturated rings. The van der Waals surface area contributed by atoms with E-state index in [2.05, 4.69) is 10.6 Å². The minimum Gasteiger partial charge on any atom is -0.289 e. The van der Waals surface area contributed by atoms with Crippen molar-refractivity contribution < 1.29 is 47.9 Å². The molecule has 0 saturated carbocycles. The molecule has 0 bridgehead atoms. The van der Waals surface area contributed by atoms with Gasteiger partial charge in [-0.25, -0.2) is 9.80 Å². The van der Waals surface area contributed by atoms with E-state index in [1.165, 1.54) is 72.8 Å². The maximum atomic E-state index is 13.6. The number of carbonyl (C=O) groups excluding carboxylic acids is 10. The van der Waals surface area contributed by atoms with E-state index in [1.807, 2.05) is 0 Å². The molecule has 0 atom stereocenters. The van der Waals surface area contributed by atoms with Crippen molar-refractivity contribution in [2.24, 2.45) is 0 Å². The molecule has 10 rings (SSSR count). The summed E-state index contributed by atoms with van der Waals surface area (Å²) < 4.78 is 0. The highest BCUT2D eigenvalue weighted by atomic mass is 16.2. The lowest BCUT2D eigenvalue weighted by atomic mass is 9.96. The maximum absolute atomic E-state index is 13.6. The Labute approximate surface area is 343 Å². The van der Waals surface area contributed by atoms with E-state index in [9.17, 15) is 47.9 Å². The molecule has 0 aromatic heterocycles. The summed E-state index contributed by atoms with van der Waals surface area (Å²) in [5.41, 5.74) is 3.68. The van der Waals surface area contributed by atoms with Crippen LogP contribution in [0, 0.1) is 0 Å². The Kier molecular flexibility index (Phi) is 8.02. The van der Waals surface area contributed by atoms with Gasteiger partial charge in [-0.15, -0.1) is 0 Å². The van der Waals surface area contributed by atoms with Crippen molar-refractivity contribution >= 4 is 70.2 Å². The van der Waals surface area contributed by atoms with Crippen molar-refractivity contribution in [3.8, 4) is 0 Å². The second-order valence-corrected chi connectivity index (χ2v) is 14.7. The van der Waals surface area contributed by atoms with Gasteiger partial charge in [0, 0.05) is 22.3 Å². The second kappa shape index (κ2) is 13.4. The van der Waals surface area contributed by atoms with Crippen LogP contribution >= 0.6 is 0 Å². The fraction of sp³-hybridized carbons (Fsp3) is 0.0213. The molecule has 4 aliphatic heterocycles. The van der Waals surface area contributed by atoms with E-state index in [0.717, 1.165) is 20.9 Å². The van der Waals surface area contributed by atoms with E-state index in [0.29, 0.717) is 17.8 Å². The third kappa shape index (κ3) is 5.73. The van der Waals surface area contributed by atoms with Crippen LogP contribution in [0.25, 0.3) is 0 Å². The number of fused-ring (bicyclic) bond motifs is 4. The lowest BCUT2D eigenvalue weighted by Gasteiger charge is -2.15. The number of rotatable bonds is 8. The van der Waals surface area contributed by atoms with E-state index < -0.39 is 58.8 Å². The summed E-state index contributed by atoms with van der Waals surface area (Å²) in [6, 6.07) is 30.2. The highest BCUT2D eigenvalue weighted by Gasteiger charge is 2.39. The van der Waals surface area contributed by atoms with Crippen LogP contribution in [0.5, 0.6) is 0 Å². The van der Waals surface area contributed by atoms with Gasteiger partial charge in [0.1, 0.15) is 0 Å². The van der Waals surface area contributed by atoms with Gasteiger partial charge >= 0.3 is 0 Å². The largest absolute Gasteiger partial charge is 0.289 e. The van der Waals surface area contributed by atoms with E-state index in [-0.39, 0.29) is 66.8 Å². The molecule has 2 N–H and O–H groups in total. The highest BCUT2D eigenvalue weighted by molar-refractivity contribution is 6.36. The molecular formula is C47H24N4O10. The zero-order valence-electron chi connectivity index (χ0n) is 31.2. The van der Waals surface area contributed by atoms with Gasteiger partial charge in [-0.3, -0.25) is 58.6 Å². The van der Waals surface area contributed by atoms with Gasteiger partial charge < -0.3 is 0 Å². The van der Waals surface area contributed by atoms with Crippen LogP contribution in [-0.2, 0) is 6.42 Å². The molecule has 0 radical (unpaired) electrons. The van der Waals surface area contributed by atoms with Crippen LogP contribution in [0.15, 0.2) is 121 Å². The van der Waals surface area contributed by atoms with Crippen LogP contribution in [0.3, 0.4) is 0 Å². The second-order valence-electron chi connectivity index (χ2n) is 14.7. The number of hydrogen-bond donors (Lipinski definition) is 2. The molecule has 8 amide bonds. The number of hydrogen-bond acceptors (Lipinski definition) is 10. The monoisotopic (exact) mass is 804 g/mol. The normalized spacial score (nSPS) is 14.9. The van der Waals surface area contributed by atoms with Crippen molar-refractivity contribution in [2.75, 3.05) is 9.80 Å². The molecule has 292 valence electrons. The van der Waals surface area contributed by atoms with Crippen LogP contribution in [0.1, 0.15) is 126 Å². The Morgan fingerprint density at radius 2 is 0.639 bits per heavy atom. The van der Waals surface area contributed by atoms with Crippen molar-refractivity contribution in [1.29, 1.82) is 0 Å². The molecule has 14 nitrogen and oxygen atoms in total. The van der Waals surface area contributed by atoms with Gasteiger partial charge in [-0.05, 0) is 90.3 Å². The minimum atomic E-state index is -0.610. The Bertz CT molecular complexity index is 2940. The lowest BCUT2D eigenvalue weighted by Crippen LogP contribution is -2.29. The van der Waals surface area contributed by atoms with Crippen molar-refractivity contribution in [3.05, 3.63) is 199 Å². The van der Waals surface area contributed by atoms with Crippen LogP contribution in [-0.4, -0.2) is 58.8 Å². The summed E-state index contributed by atoms with van der Waals surface area (Å²) in [7, 11) is 0. The summed E-state index contributed by atoms with van der Waals surface area (Å²) in [5, 5.41) is 4.36. The first-order chi connectivity index (χ1) is 29.4. The van der Waals surface area contributed by atoms with Gasteiger partial charge in [0.05, 0.1) is 55.9 Å². The number of carbonyl (C=O) groups is 10. The number of amides is 8. The number of anilines is 2. The predicted octanol–water partition coefficient (Wildman–Crippen LogP) is 5.11. The highest BCUT2D eigenvalue weighted by Crippen LogP contribution is 2.33. The molecule has 4 aliphatic rings. The van der Waals surface area contributed by atoms with Crippen molar-refractivity contribution in [1.82, 2.24) is 10.6 Å². The van der Waals surface area contributed by atoms with Gasteiger partial charge in [0.25, 0.3) is 47.3 Å². The number of nitrogens with one attached hydrogen (secondary N) is 2. The molecular weight excluding hydrogens is 781 g/mol. The van der Waals surface area contributed by atoms with Crippen molar-refractivity contribution in [2.45, 2.75) is 6.42 Å². The third-order valence-corrected chi connectivity index (χ3v) is 11.1. The Hall–Kier alpha value is -8.78. The summed E-state index contributed by atoms with van der Waals surface area (Å²) in [6.07, 6.45) is 0.429. The van der Waals surface area contributed by atoms with E-state index >= 15 is 0 Å². The third-order valence-electron chi connectivity index (χ3n) is 11.1. The molecule has 0 aliphatic carbocycles. The lowest BCUT2D eigenvalue weighted by molar-refractivity contribution is 0.0863. The zero-order chi connectivity index (χ0) is 42.4. The first-order valence-electron chi connectivity index (χ1n) is 18.7. The topological polar surface area (TPSA) is 201 Å². The summed E-state index contributed by atoms with van der Waals surface area (Å²) >= 11 is 0. The first kappa shape index (κ1) is 36.6. The van der Waals surface area contributed by atoms with E-state index in [4.69, 9.17) is 0 Å². The molecule has 6 aromatic rings. The molecule has 6 aromatic carbocycles. The molecule has 0 spiro atoms. The Morgan fingerprint density at radius 3 is 1.00 bits per heavy atom. The number of nitrogens with zero attached hydrogens (tertiary/aromatic N) is 2. The van der Waals surface area contributed by atoms with Crippen LogP contribution in [0.4, 0.5) is 11.4 Å². The Morgan fingerprint density at radius 1 is 0.344 bits per heavy atom. The van der Waals surface area contributed by atoms with E-state index in [1.54, 1.807) is 48.5 Å². The fourth-order valence-corrected chi connectivity index (χ4v) is 7.95. The van der Waals surface area contributed by atoms with Gasteiger partial charge in [-0.1, -0.05) is 48.5 Å². The fourth-order valence-electron chi connectivity index (χ4n) is 7.95. The van der Waals surface area contributed by atoms with Crippen LogP contribution in [0.2, 0.25) is 0 Å². The first-order valence-corrected chi connectivity index (χ1v) is 18.7. The maximum Gasteiger partial charge on any atom is 0.266 e. The SMILES string of the molecule is O=C(c1ccc2c(c1)C(=O)NC2=O)c1ccc2c(c1)C(=O)N(c1ccc(Cc3ccc(N4C(=O)c5ccc(C(=O)c6ccc7c(c6)C(=O)NC7=O)cc5C4=O)cc3)cc1)C2=O.